The number of carbonyl (C=O) groups is 1. The van der Waals surface area contributed by atoms with Crippen molar-refractivity contribution in [3.05, 3.63) is 36.5 Å². The number of ether oxygens (including phenoxy) is 1. The third-order valence-electron chi connectivity index (χ3n) is 5.16. The van der Waals surface area contributed by atoms with Crippen LogP contribution < -0.4 is 5.32 Å². The van der Waals surface area contributed by atoms with E-state index in [2.05, 4.69) is 58.2 Å². The first kappa shape index (κ1) is 22.5. The molecule has 7 heteroatoms. The Morgan fingerprint density at radius 1 is 1.25 bits per heavy atom. The minimum Gasteiger partial charge on any atom is -0.469 e. The molecular formula is C21H31IN4O2. The summed E-state index contributed by atoms with van der Waals surface area (Å²) in [6.45, 7) is 6.36. The molecule has 0 aliphatic carbocycles. The van der Waals surface area contributed by atoms with Gasteiger partial charge in [0.15, 0.2) is 5.96 Å². The number of halogens is 1. The summed E-state index contributed by atoms with van der Waals surface area (Å²) in [5, 5.41) is 4.67. The van der Waals surface area contributed by atoms with Crippen LogP contribution in [-0.4, -0.2) is 54.7 Å². The summed E-state index contributed by atoms with van der Waals surface area (Å²) in [5.74, 6) is 0.893. The molecule has 1 aliphatic rings. The minimum atomic E-state index is -0.0875. The Labute approximate surface area is 184 Å². The van der Waals surface area contributed by atoms with Gasteiger partial charge in [-0.2, -0.15) is 0 Å². The molecule has 154 valence electrons. The van der Waals surface area contributed by atoms with E-state index in [0.717, 1.165) is 57.9 Å². The third-order valence-corrected chi connectivity index (χ3v) is 5.16. The number of aliphatic imine (C=N–C) groups is 1. The van der Waals surface area contributed by atoms with E-state index < -0.39 is 0 Å². The number of piperidine rings is 1. The molecule has 6 nitrogen and oxygen atoms in total. The van der Waals surface area contributed by atoms with E-state index in [1.807, 2.05) is 0 Å². The number of hydrogen-bond donors (Lipinski definition) is 1. The maximum Gasteiger partial charge on any atom is 0.308 e. The summed E-state index contributed by atoms with van der Waals surface area (Å²) in [4.78, 5) is 18.8. The average Bonchev–Trinajstić information content (AvgIpc) is 3.13. The number of benzene rings is 1. The molecule has 0 atom stereocenters. The highest BCUT2D eigenvalue weighted by molar-refractivity contribution is 14.0. The van der Waals surface area contributed by atoms with Crippen LogP contribution in [0, 0.1) is 5.92 Å². The lowest BCUT2D eigenvalue weighted by Gasteiger charge is -2.33. The number of nitrogens with zero attached hydrogens (tertiary/aromatic N) is 3. The summed E-state index contributed by atoms with van der Waals surface area (Å²) in [7, 11) is 1.47. The van der Waals surface area contributed by atoms with Gasteiger partial charge in [0.2, 0.25) is 0 Å². The van der Waals surface area contributed by atoms with E-state index in [1.54, 1.807) is 0 Å². The molecular weight excluding hydrogens is 467 g/mol. The Bertz CT molecular complexity index is 782. The quantitative estimate of drug-likeness (QED) is 0.218. The van der Waals surface area contributed by atoms with Crippen LogP contribution in [0.5, 0.6) is 0 Å². The fraction of sp³-hybridized carbons (Fsp3) is 0.524. The fourth-order valence-electron chi connectivity index (χ4n) is 3.68. The highest BCUT2D eigenvalue weighted by Gasteiger charge is 2.26. The monoisotopic (exact) mass is 498 g/mol. The number of likely N-dealkylation sites (tertiary alicyclic amines) is 1. The number of aryl methyl sites for hydroxylation is 1. The predicted molar refractivity (Wildman–Crippen MR) is 124 cm³/mol. The number of carbonyl (C=O) groups excluding carboxylic acids is 1. The van der Waals surface area contributed by atoms with Crippen LogP contribution in [0.4, 0.5) is 0 Å². The largest absolute Gasteiger partial charge is 0.469 e. The summed E-state index contributed by atoms with van der Waals surface area (Å²) in [6.07, 6.45) is 4.79. The molecule has 3 rings (SSSR count). The normalized spacial score (nSPS) is 15.4. The van der Waals surface area contributed by atoms with Crippen molar-refractivity contribution in [1.29, 1.82) is 0 Å². The summed E-state index contributed by atoms with van der Waals surface area (Å²) >= 11 is 0. The number of para-hydroxylation sites is 1. The highest BCUT2D eigenvalue weighted by Crippen LogP contribution is 2.19. The zero-order valence-corrected chi connectivity index (χ0v) is 19.1. The first-order valence-corrected chi connectivity index (χ1v) is 9.88. The molecule has 2 heterocycles. The standard InChI is InChI=1S/C21H30N4O2.HI/c1-3-22-21(25-15-10-18(11-16-25)20(26)27-2)23-12-6-13-24-14-9-17-7-4-5-8-19(17)24;/h4-5,7-9,14,18H,3,6,10-13,15-16H2,1-2H3,(H,22,23);1H. The lowest BCUT2D eigenvalue weighted by molar-refractivity contribution is -0.146. The van der Waals surface area contributed by atoms with Crippen LogP contribution in [0.15, 0.2) is 41.5 Å². The second-order valence-electron chi connectivity index (χ2n) is 6.94. The average molecular weight is 498 g/mol. The van der Waals surface area contributed by atoms with Crippen LogP contribution in [-0.2, 0) is 16.1 Å². The second kappa shape index (κ2) is 11.3. The van der Waals surface area contributed by atoms with Crippen LogP contribution in [0.3, 0.4) is 0 Å². The first-order chi connectivity index (χ1) is 13.2. The molecule has 0 saturated carbocycles. The number of methoxy groups -OCH3 is 1. The highest BCUT2D eigenvalue weighted by atomic mass is 127. The number of aromatic nitrogens is 1. The van der Waals surface area contributed by atoms with E-state index >= 15 is 0 Å². The Hall–Kier alpha value is -1.77. The van der Waals surface area contributed by atoms with Gasteiger partial charge in [-0.05, 0) is 43.7 Å². The fourth-order valence-corrected chi connectivity index (χ4v) is 3.68. The Kier molecular flexibility index (Phi) is 9.08. The van der Waals surface area contributed by atoms with Crippen molar-refractivity contribution < 1.29 is 9.53 Å². The molecule has 0 radical (unpaired) electrons. The van der Waals surface area contributed by atoms with Gasteiger partial charge in [0.1, 0.15) is 0 Å². The number of fused-ring (bicyclic) bond motifs is 1. The van der Waals surface area contributed by atoms with Crippen molar-refractivity contribution in [1.82, 2.24) is 14.8 Å². The topological polar surface area (TPSA) is 58.9 Å². The number of guanidine groups is 1. The molecule has 1 aliphatic heterocycles. The summed E-state index contributed by atoms with van der Waals surface area (Å²) in [6, 6.07) is 10.6. The minimum absolute atomic E-state index is 0. The van der Waals surface area contributed by atoms with Gasteiger partial charge in [-0.1, -0.05) is 18.2 Å². The van der Waals surface area contributed by atoms with Crippen molar-refractivity contribution in [3.63, 3.8) is 0 Å². The van der Waals surface area contributed by atoms with Gasteiger partial charge in [-0.15, -0.1) is 24.0 Å². The lowest BCUT2D eigenvalue weighted by Crippen LogP contribution is -2.46. The zero-order valence-electron chi connectivity index (χ0n) is 16.8. The maximum absolute atomic E-state index is 11.7. The smallest absolute Gasteiger partial charge is 0.308 e. The molecule has 0 bridgehead atoms. The molecule has 1 N–H and O–H groups in total. The van der Waals surface area contributed by atoms with Crippen LogP contribution >= 0.6 is 24.0 Å². The van der Waals surface area contributed by atoms with Crippen molar-refractivity contribution in [2.75, 3.05) is 33.3 Å². The van der Waals surface area contributed by atoms with Crippen molar-refractivity contribution in [3.8, 4) is 0 Å². The van der Waals surface area contributed by atoms with Gasteiger partial charge in [0.05, 0.1) is 13.0 Å². The molecule has 1 aromatic carbocycles. The molecule has 1 fully saturated rings. The van der Waals surface area contributed by atoms with Crippen LogP contribution in [0.25, 0.3) is 10.9 Å². The molecule has 0 spiro atoms. The van der Waals surface area contributed by atoms with Gasteiger partial charge in [-0.25, -0.2) is 0 Å². The van der Waals surface area contributed by atoms with E-state index in [0.29, 0.717) is 0 Å². The molecule has 0 unspecified atom stereocenters. The van der Waals surface area contributed by atoms with Gasteiger partial charge >= 0.3 is 5.97 Å². The number of nitrogens with one attached hydrogen (secondary N) is 1. The molecule has 1 aromatic heterocycles. The first-order valence-electron chi connectivity index (χ1n) is 9.88. The Morgan fingerprint density at radius 2 is 2.00 bits per heavy atom. The van der Waals surface area contributed by atoms with Crippen molar-refractivity contribution >= 4 is 46.8 Å². The summed E-state index contributed by atoms with van der Waals surface area (Å²) in [5.41, 5.74) is 1.28. The van der Waals surface area contributed by atoms with Crippen molar-refractivity contribution in [2.24, 2.45) is 10.9 Å². The van der Waals surface area contributed by atoms with E-state index in [-0.39, 0.29) is 35.9 Å². The Morgan fingerprint density at radius 3 is 2.71 bits per heavy atom. The van der Waals surface area contributed by atoms with Crippen molar-refractivity contribution in [2.45, 2.75) is 32.7 Å². The molecule has 1 saturated heterocycles. The number of esters is 1. The zero-order chi connectivity index (χ0) is 19.1. The second-order valence-corrected chi connectivity index (χ2v) is 6.94. The third kappa shape index (κ3) is 5.62. The Balaban J connectivity index is 0.00000280. The number of hydrogen-bond acceptors (Lipinski definition) is 3. The van der Waals surface area contributed by atoms with Gasteiger partial charge < -0.3 is 19.5 Å². The van der Waals surface area contributed by atoms with Gasteiger partial charge in [0, 0.05) is 44.4 Å². The van der Waals surface area contributed by atoms with Gasteiger partial charge in [0.25, 0.3) is 0 Å². The summed E-state index contributed by atoms with van der Waals surface area (Å²) < 4.78 is 7.16. The van der Waals surface area contributed by atoms with Crippen LogP contribution in [0.2, 0.25) is 0 Å². The molecule has 0 amide bonds. The van der Waals surface area contributed by atoms with Crippen LogP contribution in [0.1, 0.15) is 26.2 Å². The SMILES string of the molecule is CCNC(=NCCCn1ccc2ccccc21)N1CCC(C(=O)OC)CC1.I. The van der Waals surface area contributed by atoms with E-state index in [1.165, 1.54) is 18.0 Å². The molecule has 28 heavy (non-hydrogen) atoms. The number of rotatable bonds is 6. The van der Waals surface area contributed by atoms with E-state index in [4.69, 9.17) is 9.73 Å². The predicted octanol–water partition coefficient (Wildman–Crippen LogP) is 3.50. The molecule has 2 aromatic rings. The lowest BCUT2D eigenvalue weighted by atomic mass is 9.97. The van der Waals surface area contributed by atoms with E-state index in [9.17, 15) is 4.79 Å². The van der Waals surface area contributed by atoms with Gasteiger partial charge in [-0.3, -0.25) is 9.79 Å². The maximum atomic E-state index is 11.7.